The fourth-order valence-corrected chi connectivity index (χ4v) is 3.36. The van der Waals surface area contributed by atoms with Crippen molar-refractivity contribution < 1.29 is 9.53 Å². The van der Waals surface area contributed by atoms with Gasteiger partial charge in [-0.1, -0.05) is 24.6 Å². The van der Waals surface area contributed by atoms with Crippen molar-refractivity contribution in [2.45, 2.75) is 34.1 Å². The van der Waals surface area contributed by atoms with Gasteiger partial charge >= 0.3 is 0 Å². The monoisotopic (exact) mass is 423 g/mol. The van der Waals surface area contributed by atoms with Gasteiger partial charge in [0.25, 0.3) is 5.91 Å². The number of halogens is 1. The highest BCUT2D eigenvalue weighted by Crippen LogP contribution is 2.24. The summed E-state index contributed by atoms with van der Waals surface area (Å²) in [5.74, 6) is 0.480. The number of benzene rings is 2. The van der Waals surface area contributed by atoms with E-state index < -0.39 is 0 Å². The van der Waals surface area contributed by atoms with E-state index in [1.54, 1.807) is 30.5 Å². The third-order valence-electron chi connectivity index (χ3n) is 4.84. The fourth-order valence-electron chi connectivity index (χ4n) is 3.18. The number of hydrogen-bond acceptors (Lipinski definition) is 3. The Bertz CT molecular complexity index is 1070. The van der Waals surface area contributed by atoms with Crippen LogP contribution < -0.4 is 10.2 Å². The number of aromatic nitrogens is 1. The quantitative estimate of drug-likeness (QED) is 0.396. The highest BCUT2D eigenvalue weighted by Gasteiger charge is 2.11. The van der Waals surface area contributed by atoms with Gasteiger partial charge in [-0.25, -0.2) is 5.43 Å². The van der Waals surface area contributed by atoms with E-state index in [1.807, 2.05) is 52.0 Å². The van der Waals surface area contributed by atoms with Gasteiger partial charge in [0.05, 0.1) is 12.8 Å². The standard InChI is InChI=1S/C24H26ClN3O2/c1-5-12-30-22-10-7-19(8-11-22)24(29)27-26-15-20-13-17(3)28(18(20)4)21-9-6-16(2)23(25)14-21/h6-11,13-15H,5,12H2,1-4H3,(H,27,29)/b26-15-. The molecule has 3 rings (SSSR count). The van der Waals surface area contributed by atoms with E-state index in [0.29, 0.717) is 12.2 Å². The van der Waals surface area contributed by atoms with E-state index in [9.17, 15) is 4.79 Å². The van der Waals surface area contributed by atoms with Crippen LogP contribution in [0.5, 0.6) is 5.75 Å². The van der Waals surface area contributed by atoms with Crippen molar-refractivity contribution in [3.8, 4) is 11.4 Å². The highest BCUT2D eigenvalue weighted by atomic mass is 35.5. The molecular weight excluding hydrogens is 398 g/mol. The molecule has 30 heavy (non-hydrogen) atoms. The molecule has 0 atom stereocenters. The van der Waals surface area contributed by atoms with Crippen molar-refractivity contribution in [2.75, 3.05) is 6.61 Å². The van der Waals surface area contributed by atoms with Gasteiger partial charge in [-0.05, 0) is 75.2 Å². The normalized spacial score (nSPS) is 11.1. The molecular formula is C24H26ClN3O2. The fraction of sp³-hybridized carbons (Fsp3) is 0.250. The van der Waals surface area contributed by atoms with E-state index in [4.69, 9.17) is 16.3 Å². The predicted octanol–water partition coefficient (Wildman–Crippen LogP) is 5.61. The van der Waals surface area contributed by atoms with E-state index in [0.717, 1.165) is 45.4 Å². The summed E-state index contributed by atoms with van der Waals surface area (Å²) in [6.07, 6.45) is 2.60. The molecule has 1 heterocycles. The van der Waals surface area contributed by atoms with E-state index in [2.05, 4.69) is 15.1 Å². The Morgan fingerprint density at radius 3 is 2.53 bits per heavy atom. The van der Waals surface area contributed by atoms with Crippen molar-refractivity contribution in [1.29, 1.82) is 0 Å². The Hall–Kier alpha value is -3.05. The van der Waals surface area contributed by atoms with Gasteiger partial charge in [-0.2, -0.15) is 5.10 Å². The van der Waals surface area contributed by atoms with Crippen molar-refractivity contribution in [1.82, 2.24) is 9.99 Å². The largest absolute Gasteiger partial charge is 0.494 e. The van der Waals surface area contributed by atoms with E-state index in [-0.39, 0.29) is 5.91 Å². The van der Waals surface area contributed by atoms with Crippen LogP contribution >= 0.6 is 11.6 Å². The zero-order valence-corrected chi connectivity index (χ0v) is 18.5. The molecule has 0 unspecified atom stereocenters. The van der Waals surface area contributed by atoms with Crippen LogP contribution in [0.15, 0.2) is 53.6 Å². The molecule has 0 radical (unpaired) electrons. The van der Waals surface area contributed by atoms with E-state index in [1.165, 1.54) is 0 Å². The van der Waals surface area contributed by atoms with Crippen LogP contribution in [-0.4, -0.2) is 23.3 Å². The Morgan fingerprint density at radius 2 is 1.87 bits per heavy atom. The Kier molecular flexibility index (Phi) is 6.95. The third-order valence-corrected chi connectivity index (χ3v) is 5.25. The lowest BCUT2D eigenvalue weighted by Crippen LogP contribution is -2.17. The first-order valence-electron chi connectivity index (χ1n) is 9.92. The maximum atomic E-state index is 12.3. The van der Waals surface area contributed by atoms with Crippen LogP contribution in [0, 0.1) is 20.8 Å². The average molecular weight is 424 g/mol. The third kappa shape index (κ3) is 4.92. The number of ether oxygens (including phenoxy) is 1. The number of nitrogens with one attached hydrogen (secondary N) is 1. The smallest absolute Gasteiger partial charge is 0.271 e. The Balaban J connectivity index is 1.70. The molecule has 3 aromatic rings. The number of amides is 1. The first kappa shape index (κ1) is 21.7. The lowest BCUT2D eigenvalue weighted by Gasteiger charge is -2.11. The minimum atomic E-state index is -0.271. The molecule has 156 valence electrons. The van der Waals surface area contributed by atoms with Crippen LogP contribution in [0.3, 0.4) is 0 Å². The molecule has 0 aliphatic heterocycles. The summed E-state index contributed by atoms with van der Waals surface area (Å²) in [6.45, 7) is 8.72. The molecule has 0 spiro atoms. The zero-order valence-electron chi connectivity index (χ0n) is 17.7. The molecule has 0 fully saturated rings. The maximum absolute atomic E-state index is 12.3. The van der Waals surface area contributed by atoms with Crippen molar-refractivity contribution >= 4 is 23.7 Å². The van der Waals surface area contributed by atoms with Crippen LogP contribution in [-0.2, 0) is 0 Å². The summed E-state index contributed by atoms with van der Waals surface area (Å²) in [4.78, 5) is 12.3. The molecule has 1 N–H and O–H groups in total. The SMILES string of the molecule is CCCOc1ccc(C(=O)N/N=C\c2cc(C)n(-c3ccc(C)c(Cl)c3)c2C)cc1. The predicted molar refractivity (Wildman–Crippen MR) is 122 cm³/mol. The molecule has 2 aromatic carbocycles. The second-order valence-corrected chi connectivity index (χ2v) is 7.57. The molecule has 0 saturated heterocycles. The topological polar surface area (TPSA) is 55.6 Å². The van der Waals surface area contributed by atoms with Gasteiger partial charge in [-0.3, -0.25) is 4.79 Å². The lowest BCUT2D eigenvalue weighted by atomic mass is 10.2. The zero-order chi connectivity index (χ0) is 21.7. The lowest BCUT2D eigenvalue weighted by molar-refractivity contribution is 0.0955. The minimum absolute atomic E-state index is 0.271. The number of carbonyl (C=O) groups is 1. The number of rotatable bonds is 7. The van der Waals surface area contributed by atoms with Crippen molar-refractivity contribution in [3.05, 3.63) is 81.6 Å². The van der Waals surface area contributed by atoms with Gasteiger partial charge in [0.15, 0.2) is 0 Å². The summed E-state index contributed by atoms with van der Waals surface area (Å²) in [7, 11) is 0. The number of aryl methyl sites for hydroxylation is 2. The Morgan fingerprint density at radius 1 is 1.13 bits per heavy atom. The van der Waals surface area contributed by atoms with E-state index >= 15 is 0 Å². The number of hydrogen-bond donors (Lipinski definition) is 1. The number of nitrogens with zero attached hydrogens (tertiary/aromatic N) is 2. The van der Waals surface area contributed by atoms with Crippen LogP contribution in [0.1, 0.15) is 46.2 Å². The molecule has 0 aliphatic carbocycles. The summed E-state index contributed by atoms with van der Waals surface area (Å²) in [5.41, 5.74) is 8.14. The molecule has 1 aromatic heterocycles. The van der Waals surface area contributed by atoms with Crippen LogP contribution in [0.4, 0.5) is 0 Å². The molecule has 6 heteroatoms. The molecule has 1 amide bonds. The highest BCUT2D eigenvalue weighted by molar-refractivity contribution is 6.31. The van der Waals surface area contributed by atoms with Gasteiger partial charge in [0.1, 0.15) is 5.75 Å². The van der Waals surface area contributed by atoms with Gasteiger partial charge in [0, 0.05) is 33.2 Å². The van der Waals surface area contributed by atoms with Crippen molar-refractivity contribution in [2.24, 2.45) is 5.10 Å². The second-order valence-electron chi connectivity index (χ2n) is 7.17. The number of hydrazone groups is 1. The summed E-state index contributed by atoms with van der Waals surface area (Å²) < 4.78 is 7.65. The van der Waals surface area contributed by atoms with Gasteiger partial charge < -0.3 is 9.30 Å². The van der Waals surface area contributed by atoms with Gasteiger partial charge in [-0.15, -0.1) is 0 Å². The summed E-state index contributed by atoms with van der Waals surface area (Å²) >= 11 is 6.29. The second kappa shape index (κ2) is 9.63. The minimum Gasteiger partial charge on any atom is -0.494 e. The number of carbonyl (C=O) groups excluding carboxylic acids is 1. The van der Waals surface area contributed by atoms with Crippen LogP contribution in [0.25, 0.3) is 5.69 Å². The molecule has 0 bridgehead atoms. The van der Waals surface area contributed by atoms with Crippen molar-refractivity contribution in [3.63, 3.8) is 0 Å². The summed E-state index contributed by atoms with van der Waals surface area (Å²) in [5, 5.41) is 4.87. The first-order valence-corrected chi connectivity index (χ1v) is 10.3. The molecule has 0 saturated carbocycles. The molecule has 0 aliphatic rings. The summed E-state index contributed by atoms with van der Waals surface area (Å²) in [6, 6.07) is 15.0. The molecule has 5 nitrogen and oxygen atoms in total. The Labute approximate surface area is 182 Å². The maximum Gasteiger partial charge on any atom is 0.271 e. The average Bonchev–Trinajstić information content (AvgIpc) is 3.02. The van der Waals surface area contributed by atoms with Crippen LogP contribution in [0.2, 0.25) is 5.02 Å². The first-order chi connectivity index (χ1) is 14.4. The van der Waals surface area contributed by atoms with Gasteiger partial charge in [0.2, 0.25) is 0 Å².